The van der Waals surface area contributed by atoms with Crippen molar-refractivity contribution in [3.05, 3.63) is 34.1 Å². The van der Waals surface area contributed by atoms with E-state index in [1.807, 2.05) is 4.90 Å². The molecule has 1 unspecified atom stereocenters. The standard InChI is InChI=1S/C12H16FN3O2/c1-15(12(7-14)8-2-3-8)10-4-9(13)5-11(6-10)16(17)18/h4-6,8,12H,2-3,7,14H2,1H3. The monoisotopic (exact) mass is 253 g/mol. The molecule has 0 amide bonds. The van der Waals surface area contributed by atoms with Crippen molar-refractivity contribution in [3.63, 3.8) is 0 Å². The Morgan fingerprint density at radius 3 is 2.72 bits per heavy atom. The lowest BCUT2D eigenvalue weighted by Gasteiger charge is -2.29. The maximum Gasteiger partial charge on any atom is 0.274 e. The van der Waals surface area contributed by atoms with Crippen molar-refractivity contribution in [2.24, 2.45) is 11.7 Å². The maximum atomic E-state index is 13.4. The summed E-state index contributed by atoms with van der Waals surface area (Å²) in [6.07, 6.45) is 2.23. The van der Waals surface area contributed by atoms with Gasteiger partial charge in [-0.3, -0.25) is 10.1 Å². The third-order valence-corrected chi connectivity index (χ3v) is 3.39. The Morgan fingerprint density at radius 1 is 1.56 bits per heavy atom. The van der Waals surface area contributed by atoms with Gasteiger partial charge >= 0.3 is 0 Å². The second-order valence-electron chi connectivity index (χ2n) is 4.68. The van der Waals surface area contributed by atoms with Gasteiger partial charge in [-0.1, -0.05) is 0 Å². The van der Waals surface area contributed by atoms with Crippen LogP contribution in [0.4, 0.5) is 15.8 Å². The average Bonchev–Trinajstić information content (AvgIpc) is 3.13. The van der Waals surface area contributed by atoms with E-state index in [1.54, 1.807) is 7.05 Å². The highest BCUT2D eigenvalue weighted by molar-refractivity contribution is 5.54. The van der Waals surface area contributed by atoms with Crippen molar-refractivity contribution in [3.8, 4) is 0 Å². The summed E-state index contributed by atoms with van der Waals surface area (Å²) in [6.45, 7) is 0.464. The second kappa shape index (κ2) is 4.89. The van der Waals surface area contributed by atoms with Gasteiger partial charge in [0.2, 0.25) is 0 Å². The molecule has 5 nitrogen and oxygen atoms in total. The number of likely N-dealkylation sites (N-methyl/N-ethyl adjacent to an activating group) is 1. The van der Waals surface area contributed by atoms with Crippen LogP contribution in [0.5, 0.6) is 0 Å². The lowest BCUT2D eigenvalue weighted by atomic mass is 10.1. The summed E-state index contributed by atoms with van der Waals surface area (Å²) in [7, 11) is 1.80. The minimum absolute atomic E-state index is 0.117. The van der Waals surface area contributed by atoms with Crippen LogP contribution in [0.3, 0.4) is 0 Å². The highest BCUT2D eigenvalue weighted by Crippen LogP contribution is 2.36. The van der Waals surface area contributed by atoms with Gasteiger partial charge in [-0.25, -0.2) is 4.39 Å². The average molecular weight is 253 g/mol. The molecule has 0 radical (unpaired) electrons. The van der Waals surface area contributed by atoms with Gasteiger partial charge in [0.25, 0.3) is 5.69 Å². The van der Waals surface area contributed by atoms with Crippen LogP contribution in [0.1, 0.15) is 12.8 Å². The Labute approximate surface area is 105 Å². The van der Waals surface area contributed by atoms with Gasteiger partial charge in [0.05, 0.1) is 11.0 Å². The summed E-state index contributed by atoms with van der Waals surface area (Å²) in [5.41, 5.74) is 5.99. The number of benzene rings is 1. The van der Waals surface area contributed by atoms with Gasteiger partial charge in [-0.15, -0.1) is 0 Å². The first-order valence-electron chi connectivity index (χ1n) is 5.91. The summed E-state index contributed by atoms with van der Waals surface area (Å²) in [5, 5.41) is 10.7. The quantitative estimate of drug-likeness (QED) is 0.642. The van der Waals surface area contributed by atoms with E-state index in [0.717, 1.165) is 18.9 Å². The van der Waals surface area contributed by atoms with Crippen LogP contribution in [0.2, 0.25) is 0 Å². The fraction of sp³-hybridized carbons (Fsp3) is 0.500. The molecule has 2 N–H and O–H groups in total. The number of rotatable bonds is 5. The van der Waals surface area contributed by atoms with E-state index in [1.165, 1.54) is 12.1 Å². The van der Waals surface area contributed by atoms with Gasteiger partial charge in [-0.05, 0) is 24.8 Å². The second-order valence-corrected chi connectivity index (χ2v) is 4.68. The zero-order chi connectivity index (χ0) is 13.3. The number of halogens is 1. The van der Waals surface area contributed by atoms with Crippen LogP contribution in [0, 0.1) is 21.8 Å². The fourth-order valence-electron chi connectivity index (χ4n) is 2.21. The topological polar surface area (TPSA) is 72.4 Å². The third kappa shape index (κ3) is 2.59. The van der Waals surface area contributed by atoms with E-state index in [0.29, 0.717) is 18.2 Å². The van der Waals surface area contributed by atoms with E-state index in [2.05, 4.69) is 0 Å². The molecule has 6 heteroatoms. The Bertz CT molecular complexity index is 463. The lowest BCUT2D eigenvalue weighted by molar-refractivity contribution is -0.385. The number of hydrogen-bond donors (Lipinski definition) is 1. The zero-order valence-corrected chi connectivity index (χ0v) is 10.2. The minimum atomic E-state index is -0.599. The number of anilines is 1. The number of hydrogen-bond acceptors (Lipinski definition) is 4. The molecule has 1 saturated carbocycles. The van der Waals surface area contributed by atoms with Crippen LogP contribution < -0.4 is 10.6 Å². The van der Waals surface area contributed by atoms with Crippen molar-refractivity contribution in [1.29, 1.82) is 0 Å². The molecule has 1 aromatic carbocycles. The third-order valence-electron chi connectivity index (χ3n) is 3.39. The first-order chi connectivity index (χ1) is 8.52. The summed E-state index contributed by atoms with van der Waals surface area (Å²) in [5.74, 6) is -0.0834. The van der Waals surface area contributed by atoms with Crippen LogP contribution in [0.25, 0.3) is 0 Å². The van der Waals surface area contributed by atoms with Crippen LogP contribution in [0.15, 0.2) is 18.2 Å². The van der Waals surface area contributed by atoms with Crippen molar-refractivity contribution < 1.29 is 9.31 Å². The first-order valence-corrected chi connectivity index (χ1v) is 5.91. The SMILES string of the molecule is CN(c1cc(F)cc([N+](=O)[O-])c1)C(CN)C1CC1. The van der Waals surface area contributed by atoms with E-state index in [9.17, 15) is 14.5 Å². The first kappa shape index (κ1) is 12.8. The van der Waals surface area contributed by atoms with E-state index < -0.39 is 10.7 Å². The van der Waals surface area contributed by atoms with Crippen LogP contribution >= 0.6 is 0 Å². The molecule has 1 aliphatic carbocycles. The smallest absolute Gasteiger partial charge is 0.274 e. The molecular weight excluding hydrogens is 237 g/mol. The van der Waals surface area contributed by atoms with Gasteiger partial charge < -0.3 is 10.6 Å². The Balaban J connectivity index is 2.28. The molecule has 0 aliphatic heterocycles. The predicted molar refractivity (Wildman–Crippen MR) is 67.0 cm³/mol. The van der Waals surface area contributed by atoms with Crippen LogP contribution in [-0.4, -0.2) is 24.6 Å². The number of nitro benzene ring substituents is 1. The van der Waals surface area contributed by atoms with Gasteiger partial charge in [0.1, 0.15) is 5.82 Å². The molecule has 1 aromatic rings. The van der Waals surface area contributed by atoms with Gasteiger partial charge in [-0.2, -0.15) is 0 Å². The summed E-state index contributed by atoms with van der Waals surface area (Å²) in [4.78, 5) is 12.0. The molecule has 0 spiro atoms. The lowest BCUT2D eigenvalue weighted by Crippen LogP contribution is -2.39. The molecule has 1 fully saturated rings. The van der Waals surface area contributed by atoms with Gasteiger partial charge in [0, 0.05) is 31.4 Å². The molecule has 98 valence electrons. The molecule has 0 aromatic heterocycles. The van der Waals surface area contributed by atoms with E-state index >= 15 is 0 Å². The molecule has 1 atom stereocenters. The van der Waals surface area contributed by atoms with E-state index in [4.69, 9.17) is 5.73 Å². The maximum absolute atomic E-state index is 13.4. The van der Waals surface area contributed by atoms with Crippen molar-refractivity contribution in [1.82, 2.24) is 0 Å². The normalized spacial score (nSPS) is 16.4. The molecule has 0 saturated heterocycles. The minimum Gasteiger partial charge on any atom is -0.370 e. The molecule has 1 aliphatic rings. The van der Waals surface area contributed by atoms with Crippen molar-refractivity contribution in [2.75, 3.05) is 18.5 Å². The fourth-order valence-corrected chi connectivity index (χ4v) is 2.21. The van der Waals surface area contributed by atoms with E-state index in [-0.39, 0.29) is 11.7 Å². The number of nitro groups is 1. The highest BCUT2D eigenvalue weighted by atomic mass is 19.1. The largest absolute Gasteiger partial charge is 0.370 e. The summed E-state index contributed by atoms with van der Waals surface area (Å²) in [6, 6.07) is 3.73. The molecule has 18 heavy (non-hydrogen) atoms. The molecule has 0 heterocycles. The molecule has 2 rings (SSSR count). The number of nitrogens with zero attached hydrogens (tertiary/aromatic N) is 2. The zero-order valence-electron chi connectivity index (χ0n) is 10.2. The Kier molecular flexibility index (Phi) is 3.47. The predicted octanol–water partition coefficient (Wildman–Crippen LogP) is 1.91. The summed E-state index contributed by atoms with van der Waals surface area (Å²) >= 11 is 0. The van der Waals surface area contributed by atoms with Gasteiger partial charge in [0.15, 0.2) is 0 Å². The number of nitrogens with two attached hydrogens (primary N) is 1. The Hall–Kier alpha value is -1.69. The van der Waals surface area contributed by atoms with Crippen molar-refractivity contribution in [2.45, 2.75) is 18.9 Å². The molecular formula is C12H16FN3O2. The van der Waals surface area contributed by atoms with Crippen LogP contribution in [-0.2, 0) is 0 Å². The molecule has 0 bridgehead atoms. The highest BCUT2D eigenvalue weighted by Gasteiger charge is 2.33. The number of non-ortho nitro benzene ring substituents is 1. The Morgan fingerprint density at radius 2 is 2.22 bits per heavy atom. The summed E-state index contributed by atoms with van der Waals surface area (Å²) < 4.78 is 13.4. The van der Waals surface area contributed by atoms with Crippen molar-refractivity contribution >= 4 is 11.4 Å².